The molecule has 2 rings (SSSR count). The van der Waals surface area contributed by atoms with Gasteiger partial charge in [0.2, 0.25) is 0 Å². The number of rotatable bonds is 2. The van der Waals surface area contributed by atoms with Gasteiger partial charge in [0, 0.05) is 29.4 Å². The molecule has 0 amide bonds. The topological polar surface area (TPSA) is 38.7 Å². The quantitative estimate of drug-likeness (QED) is 0.761. The van der Waals surface area contributed by atoms with Gasteiger partial charge in [0.1, 0.15) is 11.0 Å². The highest BCUT2D eigenvalue weighted by molar-refractivity contribution is 6.30. The Balaban J connectivity index is 2.61. The van der Waals surface area contributed by atoms with E-state index in [0.29, 0.717) is 5.15 Å². The standard InChI is InChI=1S/C13H14ClN3/c1-8(2)13-16-11(9(3)12(14)17-13)10-4-6-15-7-5-10/h4-8H,1-3H3. The SMILES string of the molecule is Cc1c(Cl)nc(C(C)C)nc1-c1ccncc1. The third kappa shape index (κ3) is 2.44. The molecule has 3 nitrogen and oxygen atoms in total. The van der Waals surface area contributed by atoms with Gasteiger partial charge in [-0.1, -0.05) is 25.4 Å². The van der Waals surface area contributed by atoms with E-state index >= 15 is 0 Å². The molecule has 0 saturated heterocycles. The lowest BCUT2D eigenvalue weighted by atomic mass is 10.1. The molecule has 0 radical (unpaired) electrons. The third-order valence-corrected chi connectivity index (χ3v) is 2.94. The zero-order valence-corrected chi connectivity index (χ0v) is 10.9. The monoisotopic (exact) mass is 247 g/mol. The van der Waals surface area contributed by atoms with Crippen molar-refractivity contribution in [2.75, 3.05) is 0 Å². The summed E-state index contributed by atoms with van der Waals surface area (Å²) >= 11 is 6.15. The van der Waals surface area contributed by atoms with Crippen molar-refractivity contribution in [1.29, 1.82) is 0 Å². The zero-order valence-electron chi connectivity index (χ0n) is 10.1. The van der Waals surface area contributed by atoms with Gasteiger partial charge in [0.05, 0.1) is 5.69 Å². The molecule has 0 bridgehead atoms. The molecule has 0 spiro atoms. The van der Waals surface area contributed by atoms with Gasteiger partial charge in [-0.2, -0.15) is 0 Å². The van der Waals surface area contributed by atoms with Crippen molar-refractivity contribution in [3.63, 3.8) is 0 Å². The molecule has 2 aromatic rings. The summed E-state index contributed by atoms with van der Waals surface area (Å²) in [5, 5.41) is 0.524. The molecule has 0 unspecified atom stereocenters. The predicted octanol–water partition coefficient (Wildman–Crippen LogP) is 3.62. The smallest absolute Gasteiger partial charge is 0.136 e. The van der Waals surface area contributed by atoms with Crippen LogP contribution >= 0.6 is 11.6 Å². The fourth-order valence-corrected chi connectivity index (χ4v) is 1.73. The zero-order chi connectivity index (χ0) is 12.4. The maximum Gasteiger partial charge on any atom is 0.136 e. The molecule has 0 atom stereocenters. The summed E-state index contributed by atoms with van der Waals surface area (Å²) in [6.07, 6.45) is 3.50. The van der Waals surface area contributed by atoms with Crippen LogP contribution in [0.1, 0.15) is 31.2 Å². The molecule has 0 N–H and O–H groups in total. The Bertz CT molecular complexity index is 524. The van der Waals surface area contributed by atoms with Crippen molar-refractivity contribution in [3.05, 3.63) is 41.1 Å². The summed E-state index contributed by atoms with van der Waals surface area (Å²) in [5.74, 6) is 1.03. The lowest BCUT2D eigenvalue weighted by Crippen LogP contribution is -2.02. The van der Waals surface area contributed by atoms with E-state index in [-0.39, 0.29) is 5.92 Å². The van der Waals surface area contributed by atoms with Crippen LogP contribution in [0.2, 0.25) is 5.15 Å². The Hall–Kier alpha value is -1.48. The van der Waals surface area contributed by atoms with Crippen molar-refractivity contribution >= 4 is 11.6 Å². The van der Waals surface area contributed by atoms with Crippen LogP contribution in [0.25, 0.3) is 11.3 Å². The molecule has 88 valence electrons. The van der Waals surface area contributed by atoms with E-state index in [2.05, 4.69) is 28.8 Å². The maximum atomic E-state index is 6.15. The van der Waals surface area contributed by atoms with Gasteiger partial charge in [0.25, 0.3) is 0 Å². The maximum absolute atomic E-state index is 6.15. The third-order valence-electron chi connectivity index (χ3n) is 2.57. The number of halogens is 1. The lowest BCUT2D eigenvalue weighted by Gasteiger charge is -2.11. The van der Waals surface area contributed by atoms with Crippen LogP contribution in [0.5, 0.6) is 0 Å². The Labute approximate surface area is 106 Å². The van der Waals surface area contributed by atoms with Crippen LogP contribution in [0.3, 0.4) is 0 Å². The molecule has 0 fully saturated rings. The highest BCUT2D eigenvalue weighted by Gasteiger charge is 2.12. The number of pyridine rings is 1. The second-order valence-electron chi connectivity index (χ2n) is 4.24. The van der Waals surface area contributed by atoms with Gasteiger partial charge in [-0.15, -0.1) is 0 Å². The van der Waals surface area contributed by atoms with Crippen molar-refractivity contribution < 1.29 is 0 Å². The second kappa shape index (κ2) is 4.80. The minimum absolute atomic E-state index is 0.258. The Morgan fingerprint density at radius 2 is 1.76 bits per heavy atom. The van der Waals surface area contributed by atoms with E-state index in [9.17, 15) is 0 Å². The van der Waals surface area contributed by atoms with E-state index in [1.54, 1.807) is 12.4 Å². The van der Waals surface area contributed by atoms with Gasteiger partial charge in [0.15, 0.2) is 0 Å². The Morgan fingerprint density at radius 3 is 2.35 bits per heavy atom. The predicted molar refractivity (Wildman–Crippen MR) is 69.1 cm³/mol. The van der Waals surface area contributed by atoms with Crippen LogP contribution < -0.4 is 0 Å². The molecule has 0 aliphatic rings. The van der Waals surface area contributed by atoms with Crippen molar-refractivity contribution in [1.82, 2.24) is 15.0 Å². The number of nitrogens with zero attached hydrogens (tertiary/aromatic N) is 3. The first-order valence-electron chi connectivity index (χ1n) is 5.54. The highest BCUT2D eigenvalue weighted by atomic mass is 35.5. The molecular weight excluding hydrogens is 234 g/mol. The number of hydrogen-bond donors (Lipinski definition) is 0. The molecule has 0 aliphatic heterocycles. The van der Waals surface area contributed by atoms with Gasteiger partial charge in [-0.05, 0) is 19.1 Å². The van der Waals surface area contributed by atoms with E-state index in [1.165, 1.54) is 0 Å². The summed E-state index contributed by atoms with van der Waals surface area (Å²) in [7, 11) is 0. The minimum atomic E-state index is 0.258. The minimum Gasteiger partial charge on any atom is -0.265 e. The van der Waals surface area contributed by atoms with Gasteiger partial charge >= 0.3 is 0 Å². The summed E-state index contributed by atoms with van der Waals surface area (Å²) in [6, 6.07) is 3.85. The van der Waals surface area contributed by atoms with Crippen molar-refractivity contribution in [2.45, 2.75) is 26.7 Å². The van der Waals surface area contributed by atoms with Gasteiger partial charge in [-0.25, -0.2) is 9.97 Å². The molecule has 4 heteroatoms. The average molecular weight is 248 g/mol. The van der Waals surface area contributed by atoms with Crippen molar-refractivity contribution in [3.8, 4) is 11.3 Å². The lowest BCUT2D eigenvalue weighted by molar-refractivity contribution is 0.773. The molecule has 2 heterocycles. The highest BCUT2D eigenvalue weighted by Crippen LogP contribution is 2.26. The van der Waals surface area contributed by atoms with Crippen LogP contribution in [0.4, 0.5) is 0 Å². The van der Waals surface area contributed by atoms with Gasteiger partial charge < -0.3 is 0 Å². The average Bonchev–Trinajstić information content (AvgIpc) is 2.33. The number of hydrogen-bond acceptors (Lipinski definition) is 3. The first kappa shape index (κ1) is 12.0. The van der Waals surface area contributed by atoms with E-state index in [0.717, 1.165) is 22.6 Å². The Morgan fingerprint density at radius 1 is 1.12 bits per heavy atom. The molecule has 2 aromatic heterocycles. The summed E-state index contributed by atoms with van der Waals surface area (Å²) in [6.45, 7) is 6.04. The van der Waals surface area contributed by atoms with E-state index < -0.39 is 0 Å². The van der Waals surface area contributed by atoms with Gasteiger partial charge in [-0.3, -0.25) is 4.98 Å². The fraction of sp³-hybridized carbons (Fsp3) is 0.308. The summed E-state index contributed by atoms with van der Waals surface area (Å²) in [4.78, 5) is 12.9. The summed E-state index contributed by atoms with van der Waals surface area (Å²) in [5.41, 5.74) is 2.81. The van der Waals surface area contributed by atoms with Crippen LogP contribution in [0, 0.1) is 6.92 Å². The Kier molecular flexibility index (Phi) is 3.38. The van der Waals surface area contributed by atoms with Crippen LogP contribution in [-0.4, -0.2) is 15.0 Å². The summed E-state index contributed by atoms with van der Waals surface area (Å²) < 4.78 is 0. The van der Waals surface area contributed by atoms with Crippen LogP contribution in [0.15, 0.2) is 24.5 Å². The second-order valence-corrected chi connectivity index (χ2v) is 4.59. The first-order chi connectivity index (χ1) is 8.09. The molecule has 0 saturated carbocycles. The molecule has 0 aliphatic carbocycles. The van der Waals surface area contributed by atoms with Crippen LogP contribution in [-0.2, 0) is 0 Å². The number of aromatic nitrogens is 3. The largest absolute Gasteiger partial charge is 0.265 e. The fourth-order valence-electron chi connectivity index (χ4n) is 1.55. The first-order valence-corrected chi connectivity index (χ1v) is 5.92. The molecule has 17 heavy (non-hydrogen) atoms. The van der Waals surface area contributed by atoms with E-state index in [1.807, 2.05) is 19.1 Å². The molecule has 0 aromatic carbocycles. The normalized spacial score (nSPS) is 10.9. The van der Waals surface area contributed by atoms with E-state index in [4.69, 9.17) is 11.6 Å². The molecular formula is C13H14ClN3. The van der Waals surface area contributed by atoms with Crippen molar-refractivity contribution in [2.24, 2.45) is 0 Å².